The van der Waals surface area contributed by atoms with Gasteiger partial charge in [-0.3, -0.25) is 19.2 Å². The molecule has 4 atom stereocenters. The Bertz CT molecular complexity index is 593. The van der Waals surface area contributed by atoms with Gasteiger partial charge in [0.15, 0.2) is 0 Å². The Kier molecular flexibility index (Phi) is 10.8. The number of amides is 4. The molecule has 0 saturated carbocycles. The smallest absolute Gasteiger partial charge is 0.326 e. The van der Waals surface area contributed by atoms with Crippen molar-refractivity contribution in [3.05, 3.63) is 0 Å². The lowest BCUT2D eigenvalue weighted by molar-refractivity contribution is -0.142. The topological polar surface area (TPSA) is 194 Å². The highest BCUT2D eigenvalue weighted by molar-refractivity contribution is 5.94. The Morgan fingerprint density at radius 1 is 0.857 bits per heavy atom. The minimum atomic E-state index is -1.18. The van der Waals surface area contributed by atoms with E-state index in [1.54, 1.807) is 0 Å². The summed E-state index contributed by atoms with van der Waals surface area (Å²) >= 11 is 0. The van der Waals surface area contributed by atoms with E-state index in [2.05, 4.69) is 16.0 Å². The zero-order valence-corrected chi connectivity index (χ0v) is 16.7. The molecule has 0 radical (unpaired) electrons. The van der Waals surface area contributed by atoms with Gasteiger partial charge in [-0.15, -0.1) is 0 Å². The molecule has 4 amide bonds. The van der Waals surface area contributed by atoms with Gasteiger partial charge in [-0.05, 0) is 32.6 Å². The molecule has 0 aliphatic carbocycles. The molecule has 0 saturated heterocycles. The third-order valence-electron chi connectivity index (χ3n) is 3.80. The number of nitrogens with one attached hydrogen (secondary N) is 3. The maximum atomic E-state index is 12.4. The van der Waals surface area contributed by atoms with Crippen LogP contribution in [0.15, 0.2) is 0 Å². The normalized spacial score (nSPS) is 15.1. The van der Waals surface area contributed by atoms with Gasteiger partial charge < -0.3 is 32.5 Å². The molecular formula is C17H31N5O6. The van der Waals surface area contributed by atoms with Crippen molar-refractivity contribution in [3.63, 3.8) is 0 Å². The number of nitrogens with two attached hydrogens (primary N) is 2. The van der Waals surface area contributed by atoms with Gasteiger partial charge in [-0.25, -0.2) is 4.79 Å². The van der Waals surface area contributed by atoms with E-state index in [0.717, 1.165) is 0 Å². The standard InChI is InChI=1S/C17H31N5O6/c1-8(2)7-12(17(27)28)22-15(25)10(4)20-16(26)11(5-6-13(19)23)21-14(24)9(3)18/h8-12H,5-7,18H2,1-4H3,(H2,19,23)(H,20,26)(H,21,24)(H,22,25)(H,27,28). The summed E-state index contributed by atoms with van der Waals surface area (Å²) in [5.74, 6) is -3.80. The first kappa shape index (κ1) is 25.3. The first-order valence-electron chi connectivity index (χ1n) is 9.02. The number of carboxylic acids is 1. The van der Waals surface area contributed by atoms with E-state index in [1.165, 1.54) is 13.8 Å². The van der Waals surface area contributed by atoms with Crippen molar-refractivity contribution in [1.82, 2.24) is 16.0 Å². The second kappa shape index (κ2) is 11.9. The molecule has 0 aromatic heterocycles. The van der Waals surface area contributed by atoms with E-state index < -0.39 is 53.8 Å². The molecule has 160 valence electrons. The van der Waals surface area contributed by atoms with E-state index in [0.29, 0.717) is 0 Å². The summed E-state index contributed by atoms with van der Waals surface area (Å²) < 4.78 is 0. The van der Waals surface area contributed by atoms with Crippen molar-refractivity contribution in [2.45, 2.75) is 71.1 Å². The maximum absolute atomic E-state index is 12.4. The predicted molar refractivity (Wildman–Crippen MR) is 101 cm³/mol. The van der Waals surface area contributed by atoms with Crippen LogP contribution in [0.3, 0.4) is 0 Å². The zero-order valence-electron chi connectivity index (χ0n) is 16.7. The predicted octanol–water partition coefficient (Wildman–Crippen LogP) is -1.80. The fraction of sp³-hybridized carbons (Fsp3) is 0.706. The lowest BCUT2D eigenvalue weighted by Crippen LogP contribution is -2.56. The average Bonchev–Trinajstić information content (AvgIpc) is 2.56. The Morgan fingerprint density at radius 3 is 1.82 bits per heavy atom. The third-order valence-corrected chi connectivity index (χ3v) is 3.80. The summed E-state index contributed by atoms with van der Waals surface area (Å²) in [5.41, 5.74) is 10.5. The van der Waals surface area contributed by atoms with Crippen molar-refractivity contribution < 1.29 is 29.1 Å². The molecule has 0 rings (SSSR count). The number of carbonyl (C=O) groups excluding carboxylic acids is 4. The summed E-state index contributed by atoms with van der Waals surface area (Å²) in [6.45, 7) is 6.44. The van der Waals surface area contributed by atoms with E-state index in [9.17, 15) is 29.1 Å². The number of carboxylic acid groups (broad SMARTS) is 1. The van der Waals surface area contributed by atoms with E-state index in [4.69, 9.17) is 11.5 Å². The van der Waals surface area contributed by atoms with Gasteiger partial charge in [0, 0.05) is 6.42 Å². The summed E-state index contributed by atoms with van der Waals surface area (Å²) in [5, 5.41) is 16.3. The molecule has 0 aliphatic heterocycles. The van der Waals surface area contributed by atoms with Gasteiger partial charge in [-0.2, -0.15) is 0 Å². The Labute approximate surface area is 164 Å². The molecule has 0 aromatic rings. The largest absolute Gasteiger partial charge is 0.480 e. The molecule has 0 bridgehead atoms. The van der Waals surface area contributed by atoms with Crippen LogP contribution in [0, 0.1) is 5.92 Å². The first-order chi connectivity index (χ1) is 12.8. The first-order valence-corrected chi connectivity index (χ1v) is 9.02. The number of hydrogen-bond acceptors (Lipinski definition) is 6. The molecule has 4 unspecified atom stereocenters. The fourth-order valence-corrected chi connectivity index (χ4v) is 2.23. The van der Waals surface area contributed by atoms with Crippen LogP contribution in [0.2, 0.25) is 0 Å². The Balaban J connectivity index is 5.00. The number of carbonyl (C=O) groups is 5. The van der Waals surface area contributed by atoms with Gasteiger partial charge in [0.25, 0.3) is 0 Å². The zero-order chi connectivity index (χ0) is 22.0. The minimum Gasteiger partial charge on any atom is -0.480 e. The molecule has 0 spiro atoms. The van der Waals surface area contributed by atoms with E-state index in [1.807, 2.05) is 13.8 Å². The highest BCUT2D eigenvalue weighted by atomic mass is 16.4. The van der Waals surface area contributed by atoms with Crippen molar-refractivity contribution >= 4 is 29.6 Å². The van der Waals surface area contributed by atoms with E-state index >= 15 is 0 Å². The number of primary amides is 1. The SMILES string of the molecule is CC(C)CC(NC(=O)C(C)NC(=O)C(CCC(N)=O)NC(=O)C(C)N)C(=O)O. The van der Waals surface area contributed by atoms with Crippen LogP contribution in [-0.4, -0.2) is 58.9 Å². The molecule has 0 heterocycles. The van der Waals surface area contributed by atoms with Crippen molar-refractivity contribution in [2.75, 3.05) is 0 Å². The van der Waals surface area contributed by atoms with Gasteiger partial charge in [0.1, 0.15) is 18.1 Å². The third kappa shape index (κ3) is 9.86. The van der Waals surface area contributed by atoms with Crippen molar-refractivity contribution in [1.29, 1.82) is 0 Å². The summed E-state index contributed by atoms with van der Waals surface area (Å²) in [7, 11) is 0. The summed E-state index contributed by atoms with van der Waals surface area (Å²) in [6, 6.07) is -4.15. The van der Waals surface area contributed by atoms with Crippen LogP contribution in [0.4, 0.5) is 0 Å². The van der Waals surface area contributed by atoms with Crippen LogP contribution in [0.1, 0.15) is 47.0 Å². The fourth-order valence-electron chi connectivity index (χ4n) is 2.23. The molecular weight excluding hydrogens is 370 g/mol. The molecule has 11 heteroatoms. The Hall–Kier alpha value is -2.69. The maximum Gasteiger partial charge on any atom is 0.326 e. The highest BCUT2D eigenvalue weighted by Gasteiger charge is 2.28. The van der Waals surface area contributed by atoms with Crippen LogP contribution in [0.5, 0.6) is 0 Å². The lowest BCUT2D eigenvalue weighted by Gasteiger charge is -2.23. The summed E-state index contributed by atoms with van der Waals surface area (Å²) in [6.07, 6.45) is -0.000138. The summed E-state index contributed by atoms with van der Waals surface area (Å²) in [4.78, 5) is 58.6. The average molecular weight is 401 g/mol. The monoisotopic (exact) mass is 401 g/mol. The Morgan fingerprint density at radius 2 is 1.39 bits per heavy atom. The van der Waals surface area contributed by atoms with Gasteiger partial charge in [-0.1, -0.05) is 13.8 Å². The molecule has 0 aromatic carbocycles. The quantitative estimate of drug-likeness (QED) is 0.222. The minimum absolute atomic E-state index is 0.0398. The molecule has 8 N–H and O–H groups in total. The molecule has 0 aliphatic rings. The van der Waals surface area contributed by atoms with Crippen LogP contribution < -0.4 is 27.4 Å². The van der Waals surface area contributed by atoms with Gasteiger partial charge in [0.05, 0.1) is 6.04 Å². The molecule has 11 nitrogen and oxygen atoms in total. The van der Waals surface area contributed by atoms with Crippen molar-refractivity contribution in [2.24, 2.45) is 17.4 Å². The highest BCUT2D eigenvalue weighted by Crippen LogP contribution is 2.05. The molecule has 28 heavy (non-hydrogen) atoms. The van der Waals surface area contributed by atoms with Gasteiger partial charge in [0.2, 0.25) is 23.6 Å². The number of aliphatic carboxylic acids is 1. The van der Waals surface area contributed by atoms with Crippen LogP contribution in [0.25, 0.3) is 0 Å². The van der Waals surface area contributed by atoms with E-state index in [-0.39, 0.29) is 25.2 Å². The lowest BCUT2D eigenvalue weighted by atomic mass is 10.0. The molecule has 0 fully saturated rings. The second-order valence-electron chi connectivity index (χ2n) is 7.11. The van der Waals surface area contributed by atoms with Crippen molar-refractivity contribution in [3.8, 4) is 0 Å². The van der Waals surface area contributed by atoms with Crippen LogP contribution in [-0.2, 0) is 24.0 Å². The van der Waals surface area contributed by atoms with Gasteiger partial charge >= 0.3 is 5.97 Å². The number of hydrogen-bond donors (Lipinski definition) is 6. The second-order valence-corrected chi connectivity index (χ2v) is 7.11. The number of rotatable bonds is 12. The van der Waals surface area contributed by atoms with Crippen LogP contribution >= 0.6 is 0 Å².